The number of carbonyl (C=O) groups is 2. The highest BCUT2D eigenvalue weighted by Crippen LogP contribution is 2.08. The normalized spacial score (nSPS) is 12.1. The Hall–Kier alpha value is -1.68. The molecule has 4 heteroatoms. The van der Waals surface area contributed by atoms with E-state index in [1.165, 1.54) is 0 Å². The fraction of sp³-hybridized carbons (Fsp3) is 0.333. The second-order valence-corrected chi connectivity index (χ2v) is 3.62. The Bertz CT molecular complexity index is 384. The molecule has 0 heterocycles. The third-order valence-electron chi connectivity index (χ3n) is 2.41. The SMILES string of the molecule is CCc1ccc(C(=O)CC(N)C(=O)O)cc1. The van der Waals surface area contributed by atoms with Crippen LogP contribution in [-0.4, -0.2) is 22.9 Å². The van der Waals surface area contributed by atoms with Crippen molar-refractivity contribution in [1.29, 1.82) is 0 Å². The van der Waals surface area contributed by atoms with Crippen molar-refractivity contribution in [2.75, 3.05) is 0 Å². The Morgan fingerprint density at radius 1 is 1.31 bits per heavy atom. The van der Waals surface area contributed by atoms with Gasteiger partial charge < -0.3 is 10.8 Å². The number of carboxylic acid groups (broad SMARTS) is 1. The average molecular weight is 221 g/mol. The van der Waals surface area contributed by atoms with E-state index in [4.69, 9.17) is 10.8 Å². The molecule has 0 aliphatic carbocycles. The van der Waals surface area contributed by atoms with Gasteiger partial charge in [0, 0.05) is 12.0 Å². The van der Waals surface area contributed by atoms with E-state index >= 15 is 0 Å². The van der Waals surface area contributed by atoms with E-state index in [0.29, 0.717) is 5.56 Å². The summed E-state index contributed by atoms with van der Waals surface area (Å²) >= 11 is 0. The van der Waals surface area contributed by atoms with Crippen LogP contribution in [0.4, 0.5) is 0 Å². The number of ketones is 1. The molecular weight excluding hydrogens is 206 g/mol. The minimum atomic E-state index is -1.15. The monoisotopic (exact) mass is 221 g/mol. The molecule has 0 amide bonds. The van der Waals surface area contributed by atoms with Gasteiger partial charge in [-0.05, 0) is 12.0 Å². The van der Waals surface area contributed by atoms with Crippen molar-refractivity contribution in [1.82, 2.24) is 0 Å². The maximum atomic E-state index is 11.6. The number of aliphatic carboxylic acids is 1. The molecule has 3 N–H and O–H groups in total. The van der Waals surface area contributed by atoms with E-state index in [9.17, 15) is 9.59 Å². The molecule has 1 aromatic carbocycles. The summed E-state index contributed by atoms with van der Waals surface area (Å²) in [4.78, 5) is 22.1. The average Bonchev–Trinajstić information content (AvgIpc) is 2.28. The topological polar surface area (TPSA) is 80.4 Å². The van der Waals surface area contributed by atoms with Gasteiger partial charge in [0.15, 0.2) is 5.78 Å². The lowest BCUT2D eigenvalue weighted by atomic mass is 10.0. The zero-order valence-corrected chi connectivity index (χ0v) is 9.14. The number of aryl methyl sites for hydroxylation is 1. The van der Waals surface area contributed by atoms with Crippen LogP contribution in [0.2, 0.25) is 0 Å². The van der Waals surface area contributed by atoms with Crippen LogP contribution in [0.1, 0.15) is 29.3 Å². The largest absolute Gasteiger partial charge is 0.480 e. The molecule has 0 aliphatic rings. The Labute approximate surface area is 94.1 Å². The maximum absolute atomic E-state index is 11.6. The fourth-order valence-corrected chi connectivity index (χ4v) is 1.33. The summed E-state index contributed by atoms with van der Waals surface area (Å²) in [5.41, 5.74) is 6.94. The second kappa shape index (κ2) is 5.42. The van der Waals surface area contributed by atoms with Gasteiger partial charge in [-0.3, -0.25) is 9.59 Å². The van der Waals surface area contributed by atoms with Crippen LogP contribution in [0.5, 0.6) is 0 Å². The highest BCUT2D eigenvalue weighted by Gasteiger charge is 2.17. The van der Waals surface area contributed by atoms with Crippen LogP contribution in [0.15, 0.2) is 24.3 Å². The number of hydrogen-bond donors (Lipinski definition) is 2. The molecular formula is C12H15NO3. The maximum Gasteiger partial charge on any atom is 0.320 e. The van der Waals surface area contributed by atoms with Gasteiger partial charge in [-0.2, -0.15) is 0 Å². The standard InChI is InChI=1S/C12H15NO3/c1-2-8-3-5-9(6-4-8)11(14)7-10(13)12(15)16/h3-6,10H,2,7,13H2,1H3,(H,15,16). The lowest BCUT2D eigenvalue weighted by molar-refractivity contribution is -0.138. The van der Waals surface area contributed by atoms with E-state index < -0.39 is 12.0 Å². The molecule has 0 saturated carbocycles. The molecule has 1 rings (SSSR count). The van der Waals surface area contributed by atoms with E-state index in [-0.39, 0.29) is 12.2 Å². The third kappa shape index (κ3) is 3.17. The first kappa shape index (κ1) is 12.4. The van der Waals surface area contributed by atoms with Gasteiger partial charge in [0.25, 0.3) is 0 Å². The number of rotatable bonds is 5. The molecule has 1 atom stereocenters. The van der Waals surface area contributed by atoms with Gasteiger partial charge in [-0.1, -0.05) is 31.2 Å². The zero-order valence-electron chi connectivity index (χ0n) is 9.14. The van der Waals surface area contributed by atoms with Crippen LogP contribution < -0.4 is 5.73 Å². The molecule has 0 aromatic heterocycles. The minimum Gasteiger partial charge on any atom is -0.480 e. The molecule has 1 unspecified atom stereocenters. The predicted molar refractivity (Wildman–Crippen MR) is 60.4 cm³/mol. The van der Waals surface area contributed by atoms with Crippen molar-refractivity contribution in [3.8, 4) is 0 Å². The summed E-state index contributed by atoms with van der Waals surface area (Å²) in [5.74, 6) is -1.39. The van der Waals surface area contributed by atoms with E-state index in [0.717, 1.165) is 12.0 Å². The summed E-state index contributed by atoms with van der Waals surface area (Å²) < 4.78 is 0. The summed E-state index contributed by atoms with van der Waals surface area (Å²) in [6, 6.07) is 6.00. The number of Topliss-reactive ketones (excluding diaryl/α,β-unsaturated/α-hetero) is 1. The Kier molecular flexibility index (Phi) is 4.19. The molecule has 0 bridgehead atoms. The van der Waals surface area contributed by atoms with Crippen molar-refractivity contribution in [2.24, 2.45) is 5.73 Å². The number of carboxylic acids is 1. The van der Waals surface area contributed by atoms with Gasteiger partial charge in [0.2, 0.25) is 0 Å². The van der Waals surface area contributed by atoms with Crippen molar-refractivity contribution >= 4 is 11.8 Å². The van der Waals surface area contributed by atoms with Crippen molar-refractivity contribution in [2.45, 2.75) is 25.8 Å². The van der Waals surface area contributed by atoms with Crippen LogP contribution in [0.25, 0.3) is 0 Å². The smallest absolute Gasteiger partial charge is 0.320 e. The van der Waals surface area contributed by atoms with E-state index in [1.807, 2.05) is 19.1 Å². The molecule has 4 nitrogen and oxygen atoms in total. The Morgan fingerprint density at radius 3 is 2.31 bits per heavy atom. The van der Waals surface area contributed by atoms with E-state index in [1.54, 1.807) is 12.1 Å². The number of benzene rings is 1. The van der Waals surface area contributed by atoms with Crippen LogP contribution in [-0.2, 0) is 11.2 Å². The lowest BCUT2D eigenvalue weighted by Crippen LogP contribution is -2.32. The summed E-state index contributed by atoms with van der Waals surface area (Å²) in [7, 11) is 0. The number of hydrogen-bond acceptors (Lipinski definition) is 3. The predicted octanol–water partition coefficient (Wildman–Crippen LogP) is 1.23. The summed E-state index contributed by atoms with van der Waals surface area (Å²) in [6.45, 7) is 2.02. The number of carbonyl (C=O) groups excluding carboxylic acids is 1. The Balaban J connectivity index is 2.69. The highest BCUT2D eigenvalue weighted by atomic mass is 16.4. The van der Waals surface area contributed by atoms with Gasteiger partial charge in [0.1, 0.15) is 6.04 Å². The molecule has 0 fully saturated rings. The third-order valence-corrected chi connectivity index (χ3v) is 2.41. The van der Waals surface area contributed by atoms with Crippen LogP contribution in [0, 0.1) is 0 Å². The Morgan fingerprint density at radius 2 is 1.88 bits per heavy atom. The first-order valence-corrected chi connectivity index (χ1v) is 5.15. The van der Waals surface area contributed by atoms with Crippen molar-refractivity contribution in [3.63, 3.8) is 0 Å². The molecule has 86 valence electrons. The first-order valence-electron chi connectivity index (χ1n) is 5.15. The fourth-order valence-electron chi connectivity index (χ4n) is 1.33. The molecule has 0 radical (unpaired) electrons. The van der Waals surface area contributed by atoms with E-state index in [2.05, 4.69) is 0 Å². The molecule has 16 heavy (non-hydrogen) atoms. The van der Waals surface area contributed by atoms with Gasteiger partial charge in [-0.15, -0.1) is 0 Å². The molecule has 1 aromatic rings. The molecule has 0 aliphatic heterocycles. The highest BCUT2D eigenvalue weighted by molar-refractivity contribution is 5.98. The lowest BCUT2D eigenvalue weighted by Gasteiger charge is -2.05. The first-order chi connectivity index (χ1) is 7.54. The molecule has 0 saturated heterocycles. The van der Waals surface area contributed by atoms with Gasteiger partial charge in [0.05, 0.1) is 0 Å². The summed E-state index contributed by atoms with van der Waals surface area (Å²) in [5, 5.41) is 8.58. The van der Waals surface area contributed by atoms with Crippen molar-refractivity contribution < 1.29 is 14.7 Å². The van der Waals surface area contributed by atoms with Gasteiger partial charge in [-0.25, -0.2) is 0 Å². The second-order valence-electron chi connectivity index (χ2n) is 3.62. The quantitative estimate of drug-likeness (QED) is 0.733. The van der Waals surface area contributed by atoms with Crippen LogP contribution in [0.3, 0.4) is 0 Å². The van der Waals surface area contributed by atoms with Gasteiger partial charge >= 0.3 is 5.97 Å². The van der Waals surface area contributed by atoms with Crippen LogP contribution >= 0.6 is 0 Å². The molecule has 0 spiro atoms. The summed E-state index contributed by atoms with van der Waals surface area (Å²) in [6.07, 6.45) is 0.740. The van der Waals surface area contributed by atoms with Crippen molar-refractivity contribution in [3.05, 3.63) is 35.4 Å². The minimum absolute atomic E-state index is 0.166. The zero-order chi connectivity index (χ0) is 12.1. The number of nitrogens with two attached hydrogens (primary N) is 1.